The van der Waals surface area contributed by atoms with Gasteiger partial charge in [0, 0.05) is 18.7 Å². The van der Waals surface area contributed by atoms with E-state index in [4.69, 9.17) is 4.74 Å². The molecule has 26 heavy (non-hydrogen) atoms. The molecule has 0 saturated carbocycles. The second-order valence-corrected chi connectivity index (χ2v) is 6.15. The van der Waals surface area contributed by atoms with Crippen LogP contribution in [-0.2, 0) is 9.53 Å². The molecule has 134 valence electrons. The third-order valence-corrected chi connectivity index (χ3v) is 4.39. The zero-order valence-electron chi connectivity index (χ0n) is 15.1. The fraction of sp³-hybridized carbons (Fsp3) is 0.350. The zero-order chi connectivity index (χ0) is 18.5. The highest BCUT2D eigenvalue weighted by Gasteiger charge is 2.24. The van der Waals surface area contributed by atoms with Crippen molar-refractivity contribution in [2.45, 2.75) is 26.7 Å². The lowest BCUT2D eigenvalue weighted by molar-refractivity contribution is -0.137. The number of ether oxygens (including phenoxy) is 1. The fourth-order valence-corrected chi connectivity index (χ4v) is 3.17. The second kappa shape index (κ2) is 7.87. The molecule has 6 heteroatoms. The molecule has 1 aromatic heterocycles. The zero-order valence-corrected chi connectivity index (χ0v) is 15.1. The maximum atomic E-state index is 12.0. The van der Waals surface area contributed by atoms with Gasteiger partial charge in [0.15, 0.2) is 0 Å². The summed E-state index contributed by atoms with van der Waals surface area (Å²) in [5.74, 6) is 0.317. The Labute approximate surface area is 153 Å². The molecule has 0 N–H and O–H groups in total. The highest BCUT2D eigenvalue weighted by Crippen LogP contribution is 2.31. The van der Waals surface area contributed by atoms with Crippen LogP contribution < -0.4 is 4.90 Å². The number of hydrogen-bond donors (Lipinski definition) is 0. The lowest BCUT2D eigenvalue weighted by atomic mass is 10.1. The highest BCUT2D eigenvalue weighted by molar-refractivity contribution is 5.99. The summed E-state index contributed by atoms with van der Waals surface area (Å²) >= 11 is 0. The van der Waals surface area contributed by atoms with E-state index in [2.05, 4.69) is 10.00 Å². The van der Waals surface area contributed by atoms with Gasteiger partial charge in [-0.15, -0.1) is 0 Å². The Hall–Kier alpha value is -3.07. The third kappa shape index (κ3) is 3.47. The number of benzene rings is 1. The summed E-state index contributed by atoms with van der Waals surface area (Å²) in [6, 6.07) is 11.8. The Bertz CT molecular complexity index is 856. The molecule has 0 atom stereocenters. The summed E-state index contributed by atoms with van der Waals surface area (Å²) in [5.41, 5.74) is 2.50. The number of carbonyl (C=O) groups excluding carboxylic acids is 1. The second-order valence-electron chi connectivity index (χ2n) is 6.15. The van der Waals surface area contributed by atoms with Crippen molar-refractivity contribution in [2.24, 2.45) is 0 Å². The van der Waals surface area contributed by atoms with E-state index in [1.807, 2.05) is 48.0 Å². The number of aryl methyl sites for hydroxylation is 1. The average molecular weight is 350 g/mol. The van der Waals surface area contributed by atoms with Crippen molar-refractivity contribution in [3.8, 4) is 11.8 Å². The minimum Gasteiger partial charge on any atom is -0.462 e. The lowest BCUT2D eigenvalue weighted by Gasteiger charge is -2.20. The molecule has 2 aromatic rings. The van der Waals surface area contributed by atoms with Gasteiger partial charge in [0.25, 0.3) is 0 Å². The van der Waals surface area contributed by atoms with Crippen LogP contribution in [0.4, 0.5) is 5.82 Å². The number of rotatable bonds is 5. The van der Waals surface area contributed by atoms with Crippen molar-refractivity contribution in [3.05, 3.63) is 47.2 Å². The van der Waals surface area contributed by atoms with Crippen LogP contribution in [0.5, 0.6) is 0 Å². The van der Waals surface area contributed by atoms with Gasteiger partial charge in [0.05, 0.1) is 18.0 Å². The highest BCUT2D eigenvalue weighted by atomic mass is 16.5. The van der Waals surface area contributed by atoms with E-state index in [1.165, 1.54) is 0 Å². The maximum Gasteiger partial charge on any atom is 0.348 e. The Kier molecular flexibility index (Phi) is 5.37. The molecule has 3 rings (SSSR count). The Morgan fingerprint density at radius 2 is 2.00 bits per heavy atom. The molecule has 0 spiro atoms. The number of nitriles is 1. The Balaban J connectivity index is 2.14. The van der Waals surface area contributed by atoms with Gasteiger partial charge in [-0.1, -0.05) is 18.2 Å². The van der Waals surface area contributed by atoms with Gasteiger partial charge in [0.2, 0.25) is 0 Å². The molecule has 1 aromatic carbocycles. The molecule has 1 fully saturated rings. The van der Waals surface area contributed by atoms with Crippen molar-refractivity contribution >= 4 is 17.9 Å². The minimum absolute atomic E-state index is 0.0111. The number of hydrogen-bond acceptors (Lipinski definition) is 5. The summed E-state index contributed by atoms with van der Waals surface area (Å²) in [4.78, 5) is 14.3. The van der Waals surface area contributed by atoms with Crippen LogP contribution in [0.2, 0.25) is 0 Å². The summed E-state index contributed by atoms with van der Waals surface area (Å²) in [6.07, 6.45) is 3.84. The van der Waals surface area contributed by atoms with E-state index in [0.717, 1.165) is 48.7 Å². The molecule has 1 aliphatic rings. The molecule has 1 saturated heterocycles. The van der Waals surface area contributed by atoms with Crippen molar-refractivity contribution in [3.63, 3.8) is 0 Å². The van der Waals surface area contributed by atoms with Gasteiger partial charge in [-0.05, 0) is 44.9 Å². The van der Waals surface area contributed by atoms with Crippen LogP contribution in [0.1, 0.15) is 31.0 Å². The first-order chi connectivity index (χ1) is 12.7. The fourth-order valence-electron chi connectivity index (χ4n) is 3.17. The molecule has 0 amide bonds. The topological polar surface area (TPSA) is 71.1 Å². The Morgan fingerprint density at radius 1 is 1.31 bits per heavy atom. The normalized spacial score (nSPS) is 14.3. The molecular weight excluding hydrogens is 328 g/mol. The first-order valence-electron chi connectivity index (χ1n) is 8.84. The first kappa shape index (κ1) is 17.7. The van der Waals surface area contributed by atoms with Crippen molar-refractivity contribution in [2.75, 3.05) is 24.6 Å². The van der Waals surface area contributed by atoms with E-state index in [-0.39, 0.29) is 12.2 Å². The number of aromatic nitrogens is 2. The molecule has 2 heterocycles. The van der Waals surface area contributed by atoms with Crippen LogP contribution >= 0.6 is 0 Å². The van der Waals surface area contributed by atoms with Crippen LogP contribution in [0.15, 0.2) is 35.9 Å². The van der Waals surface area contributed by atoms with Gasteiger partial charge in [-0.3, -0.25) is 0 Å². The summed E-state index contributed by atoms with van der Waals surface area (Å²) in [7, 11) is 0. The van der Waals surface area contributed by atoms with E-state index in [1.54, 1.807) is 13.0 Å². The molecule has 1 aliphatic heterocycles. The molecular formula is C20H22N4O2. The molecule has 0 bridgehead atoms. The van der Waals surface area contributed by atoms with Crippen molar-refractivity contribution in [1.29, 1.82) is 5.26 Å². The number of nitrogens with zero attached hydrogens (tertiary/aromatic N) is 4. The lowest BCUT2D eigenvalue weighted by Crippen LogP contribution is -2.22. The predicted molar refractivity (Wildman–Crippen MR) is 100.0 cm³/mol. The van der Waals surface area contributed by atoms with Crippen molar-refractivity contribution < 1.29 is 9.53 Å². The third-order valence-electron chi connectivity index (χ3n) is 4.39. The average Bonchev–Trinajstić information content (AvgIpc) is 3.28. The van der Waals surface area contributed by atoms with E-state index in [0.29, 0.717) is 0 Å². The number of esters is 1. The van der Waals surface area contributed by atoms with Crippen LogP contribution in [0.3, 0.4) is 0 Å². The summed E-state index contributed by atoms with van der Waals surface area (Å²) in [6.45, 7) is 5.71. The molecule has 0 aliphatic carbocycles. The standard InChI is InChI=1S/C20H22N4O2/c1-3-26-20(25)16(14-21)13-18-15(2)22-24(17-9-5-4-6-10-17)19(18)23-11-7-8-12-23/h4-6,9-10,13H,3,7-8,11-12H2,1-2H3/b16-13+. The number of carbonyl (C=O) groups is 1. The van der Waals surface area contributed by atoms with E-state index < -0.39 is 5.97 Å². The van der Waals surface area contributed by atoms with Crippen LogP contribution in [0, 0.1) is 18.3 Å². The molecule has 6 nitrogen and oxygen atoms in total. The largest absolute Gasteiger partial charge is 0.462 e. The first-order valence-corrected chi connectivity index (χ1v) is 8.84. The SMILES string of the molecule is CCOC(=O)/C(C#N)=C/c1c(C)nn(-c2ccccc2)c1N1CCCC1. The Morgan fingerprint density at radius 3 is 2.62 bits per heavy atom. The molecule has 0 unspecified atom stereocenters. The predicted octanol–water partition coefficient (Wildman–Crippen LogP) is 3.25. The van der Waals surface area contributed by atoms with Gasteiger partial charge in [-0.25, -0.2) is 9.48 Å². The molecule has 0 radical (unpaired) electrons. The van der Waals surface area contributed by atoms with Crippen LogP contribution in [0.25, 0.3) is 11.8 Å². The summed E-state index contributed by atoms with van der Waals surface area (Å²) < 4.78 is 6.89. The summed E-state index contributed by atoms with van der Waals surface area (Å²) in [5, 5.41) is 14.1. The van der Waals surface area contributed by atoms with Gasteiger partial charge >= 0.3 is 5.97 Å². The number of anilines is 1. The van der Waals surface area contributed by atoms with Gasteiger partial charge in [0.1, 0.15) is 17.5 Å². The van der Waals surface area contributed by atoms with Crippen LogP contribution in [-0.4, -0.2) is 35.4 Å². The maximum absolute atomic E-state index is 12.0. The monoisotopic (exact) mass is 350 g/mol. The van der Waals surface area contributed by atoms with Crippen molar-refractivity contribution in [1.82, 2.24) is 9.78 Å². The quantitative estimate of drug-likeness (QED) is 0.470. The van der Waals surface area contributed by atoms with E-state index in [9.17, 15) is 10.1 Å². The van der Waals surface area contributed by atoms with Gasteiger partial charge in [-0.2, -0.15) is 10.4 Å². The smallest absolute Gasteiger partial charge is 0.348 e. The number of para-hydroxylation sites is 1. The van der Waals surface area contributed by atoms with Gasteiger partial charge < -0.3 is 9.64 Å². The van der Waals surface area contributed by atoms with E-state index >= 15 is 0 Å². The minimum atomic E-state index is -0.603.